The van der Waals surface area contributed by atoms with Gasteiger partial charge in [0.05, 0.1) is 6.54 Å². The van der Waals surface area contributed by atoms with E-state index in [1.54, 1.807) is 0 Å². The zero-order chi connectivity index (χ0) is 20.9. The van der Waals surface area contributed by atoms with Crippen LogP contribution in [0.2, 0.25) is 0 Å². The second-order valence-electron chi connectivity index (χ2n) is 8.62. The van der Waals surface area contributed by atoms with Gasteiger partial charge in [0.2, 0.25) is 0 Å². The van der Waals surface area contributed by atoms with Gasteiger partial charge in [-0.15, -0.1) is 24.0 Å². The number of anilines is 1. The fraction of sp³-hybridized carbons (Fsp3) is 0.609. The van der Waals surface area contributed by atoms with Gasteiger partial charge in [-0.1, -0.05) is 26.0 Å². The van der Waals surface area contributed by atoms with Gasteiger partial charge in [0.1, 0.15) is 5.82 Å². The summed E-state index contributed by atoms with van der Waals surface area (Å²) in [5.74, 6) is 3.75. The molecule has 2 aromatic rings. The number of fused-ring (bicyclic) bond motifs is 1. The van der Waals surface area contributed by atoms with Gasteiger partial charge < -0.3 is 15.5 Å². The Balaban J connectivity index is 0.00000272. The summed E-state index contributed by atoms with van der Waals surface area (Å²) in [7, 11) is 1.83. The van der Waals surface area contributed by atoms with Crippen LogP contribution in [0.1, 0.15) is 50.3 Å². The molecular formula is C23H36IN7. The van der Waals surface area contributed by atoms with E-state index in [1.807, 2.05) is 11.7 Å². The van der Waals surface area contributed by atoms with Crippen LogP contribution < -0.4 is 15.5 Å². The van der Waals surface area contributed by atoms with Crippen LogP contribution in [0.15, 0.2) is 29.3 Å². The first-order chi connectivity index (χ1) is 14.6. The molecule has 0 saturated carbocycles. The summed E-state index contributed by atoms with van der Waals surface area (Å²) in [6, 6.07) is 9.27. The smallest absolute Gasteiger partial charge is 0.191 e. The number of piperidine rings is 1. The maximum absolute atomic E-state index is 4.60. The molecule has 1 unspecified atom stereocenters. The maximum atomic E-state index is 4.60. The van der Waals surface area contributed by atoms with Crippen molar-refractivity contribution in [3.63, 3.8) is 0 Å². The molecule has 2 aliphatic heterocycles. The fourth-order valence-electron chi connectivity index (χ4n) is 4.29. The van der Waals surface area contributed by atoms with E-state index in [1.165, 1.54) is 37.2 Å². The molecule has 1 aromatic heterocycles. The van der Waals surface area contributed by atoms with Crippen LogP contribution in [0.25, 0.3) is 0 Å². The van der Waals surface area contributed by atoms with Gasteiger partial charge in [-0.3, -0.25) is 4.99 Å². The summed E-state index contributed by atoms with van der Waals surface area (Å²) in [4.78, 5) is 11.5. The quantitative estimate of drug-likeness (QED) is 0.348. The number of nitrogens with one attached hydrogen (secondary N) is 2. The van der Waals surface area contributed by atoms with Gasteiger partial charge in [-0.25, -0.2) is 9.67 Å². The van der Waals surface area contributed by atoms with Crippen molar-refractivity contribution in [1.29, 1.82) is 0 Å². The molecule has 0 bridgehead atoms. The first kappa shape index (κ1) is 23.8. The molecule has 170 valence electrons. The molecule has 0 aliphatic carbocycles. The predicted molar refractivity (Wildman–Crippen MR) is 137 cm³/mol. The van der Waals surface area contributed by atoms with Gasteiger partial charge in [0.25, 0.3) is 0 Å². The van der Waals surface area contributed by atoms with Gasteiger partial charge >= 0.3 is 0 Å². The first-order valence-corrected chi connectivity index (χ1v) is 11.4. The standard InChI is InChI=1S/C23H35N7.HI/c1-4-21-27-22-10-7-19(16-30(22)28-21)26-23(24-3)25-15-18-5-8-20(9-6-18)29-13-11-17(2)12-14-29;/h5-6,8-9,17,19H,4,7,10-16H2,1-3H3,(H2,24,25,26);1H. The van der Waals surface area contributed by atoms with Crippen molar-refractivity contribution in [1.82, 2.24) is 25.4 Å². The van der Waals surface area contributed by atoms with Crippen LogP contribution >= 0.6 is 24.0 Å². The van der Waals surface area contributed by atoms with E-state index in [9.17, 15) is 0 Å². The van der Waals surface area contributed by atoms with Crippen LogP contribution in [0.3, 0.4) is 0 Å². The number of hydrogen-bond acceptors (Lipinski definition) is 4. The summed E-state index contributed by atoms with van der Waals surface area (Å²) in [6.45, 7) is 8.40. The van der Waals surface area contributed by atoms with E-state index in [0.29, 0.717) is 6.04 Å². The lowest BCUT2D eigenvalue weighted by atomic mass is 9.99. The van der Waals surface area contributed by atoms with E-state index in [-0.39, 0.29) is 24.0 Å². The van der Waals surface area contributed by atoms with Crippen molar-refractivity contribution in [2.45, 2.75) is 65.1 Å². The third kappa shape index (κ3) is 6.11. The minimum absolute atomic E-state index is 0. The van der Waals surface area contributed by atoms with Crippen LogP contribution in [0.4, 0.5) is 5.69 Å². The summed E-state index contributed by atoms with van der Waals surface area (Å²) < 4.78 is 2.05. The lowest BCUT2D eigenvalue weighted by Crippen LogP contribution is -2.46. The Morgan fingerprint density at radius 2 is 1.90 bits per heavy atom. The van der Waals surface area contributed by atoms with Gasteiger partial charge in [0.15, 0.2) is 11.8 Å². The second-order valence-corrected chi connectivity index (χ2v) is 8.62. The number of aromatic nitrogens is 3. The number of guanidine groups is 1. The third-order valence-corrected chi connectivity index (χ3v) is 6.33. The van der Waals surface area contributed by atoms with Gasteiger partial charge in [-0.05, 0) is 42.9 Å². The normalized spacial score (nSPS) is 19.5. The summed E-state index contributed by atoms with van der Waals surface area (Å²) in [5.41, 5.74) is 2.60. The number of halogens is 1. The van der Waals surface area contributed by atoms with Crippen LogP contribution in [-0.4, -0.2) is 46.9 Å². The first-order valence-electron chi connectivity index (χ1n) is 11.4. The molecule has 1 fully saturated rings. The molecule has 3 heterocycles. The lowest BCUT2D eigenvalue weighted by Gasteiger charge is -2.32. The largest absolute Gasteiger partial charge is 0.372 e. The SMILES string of the molecule is CCc1nc2n(n1)CC(NC(=NC)NCc1ccc(N3CCC(C)CC3)cc1)CC2.I. The third-order valence-electron chi connectivity index (χ3n) is 6.33. The Labute approximate surface area is 203 Å². The highest BCUT2D eigenvalue weighted by Crippen LogP contribution is 2.23. The molecule has 2 N–H and O–H groups in total. The lowest BCUT2D eigenvalue weighted by molar-refractivity contribution is 0.392. The zero-order valence-corrected chi connectivity index (χ0v) is 21.3. The van der Waals surface area contributed by atoms with E-state index in [2.05, 4.69) is 68.7 Å². The molecule has 31 heavy (non-hydrogen) atoms. The molecule has 2 aliphatic rings. The van der Waals surface area contributed by atoms with Crippen LogP contribution in [-0.2, 0) is 25.9 Å². The molecule has 7 nitrogen and oxygen atoms in total. The predicted octanol–water partition coefficient (Wildman–Crippen LogP) is 3.37. The molecule has 1 aromatic carbocycles. The number of aliphatic imine (C=N–C) groups is 1. The Bertz CT molecular complexity index is 853. The zero-order valence-electron chi connectivity index (χ0n) is 19.0. The fourth-order valence-corrected chi connectivity index (χ4v) is 4.29. The highest BCUT2D eigenvalue weighted by atomic mass is 127. The molecular weight excluding hydrogens is 501 g/mol. The number of nitrogens with zero attached hydrogens (tertiary/aromatic N) is 5. The van der Waals surface area contributed by atoms with Crippen molar-refractivity contribution in [2.24, 2.45) is 10.9 Å². The minimum atomic E-state index is 0. The van der Waals surface area contributed by atoms with E-state index < -0.39 is 0 Å². The monoisotopic (exact) mass is 537 g/mol. The molecule has 8 heteroatoms. The van der Waals surface area contributed by atoms with Crippen molar-refractivity contribution in [3.8, 4) is 0 Å². The van der Waals surface area contributed by atoms with Gasteiger partial charge in [-0.2, -0.15) is 5.10 Å². The van der Waals surface area contributed by atoms with Gasteiger partial charge in [0, 0.05) is 51.3 Å². The van der Waals surface area contributed by atoms with E-state index in [0.717, 1.165) is 55.9 Å². The van der Waals surface area contributed by atoms with Crippen LogP contribution in [0.5, 0.6) is 0 Å². The van der Waals surface area contributed by atoms with Crippen molar-refractivity contribution in [2.75, 3.05) is 25.0 Å². The molecule has 0 spiro atoms. The summed E-state index contributed by atoms with van der Waals surface area (Å²) in [6.07, 6.45) is 5.48. The Hall–Kier alpha value is -1.84. The summed E-state index contributed by atoms with van der Waals surface area (Å²) in [5, 5.41) is 11.6. The van der Waals surface area contributed by atoms with Crippen molar-refractivity contribution in [3.05, 3.63) is 41.5 Å². The number of hydrogen-bond donors (Lipinski definition) is 2. The van der Waals surface area contributed by atoms with E-state index >= 15 is 0 Å². The van der Waals surface area contributed by atoms with Crippen LogP contribution in [0, 0.1) is 5.92 Å². The number of benzene rings is 1. The molecule has 0 amide bonds. The highest BCUT2D eigenvalue weighted by Gasteiger charge is 2.22. The summed E-state index contributed by atoms with van der Waals surface area (Å²) >= 11 is 0. The number of aryl methyl sites for hydroxylation is 2. The molecule has 1 saturated heterocycles. The Morgan fingerprint density at radius 3 is 2.58 bits per heavy atom. The molecule has 1 atom stereocenters. The average Bonchev–Trinajstić information content (AvgIpc) is 3.20. The molecule has 0 radical (unpaired) electrons. The number of rotatable bonds is 5. The maximum Gasteiger partial charge on any atom is 0.191 e. The molecule has 4 rings (SSSR count). The Morgan fingerprint density at radius 1 is 1.16 bits per heavy atom. The average molecular weight is 537 g/mol. The Kier molecular flexibility index (Phi) is 8.57. The van der Waals surface area contributed by atoms with Crippen molar-refractivity contribution >= 4 is 35.6 Å². The topological polar surface area (TPSA) is 70.4 Å². The van der Waals surface area contributed by atoms with Crippen molar-refractivity contribution < 1.29 is 0 Å². The minimum Gasteiger partial charge on any atom is -0.372 e. The second kappa shape index (κ2) is 11.2. The van der Waals surface area contributed by atoms with E-state index in [4.69, 9.17) is 0 Å². The highest BCUT2D eigenvalue weighted by molar-refractivity contribution is 14.0.